The molecule has 1 heterocycles. The van der Waals surface area contributed by atoms with Gasteiger partial charge in [0.1, 0.15) is 0 Å². The maximum atomic E-state index is 11.6. The van der Waals surface area contributed by atoms with E-state index in [1.165, 1.54) is 0 Å². The molecule has 1 N–H and O–H groups in total. The lowest BCUT2D eigenvalue weighted by atomic mass is 10.1. The van der Waals surface area contributed by atoms with E-state index in [9.17, 15) is 4.79 Å². The first-order valence-electron chi connectivity index (χ1n) is 5.87. The third-order valence-electron chi connectivity index (χ3n) is 2.77. The van der Waals surface area contributed by atoms with Crippen LogP contribution >= 0.6 is 0 Å². The van der Waals surface area contributed by atoms with Crippen LogP contribution in [-0.4, -0.2) is 29.2 Å². The van der Waals surface area contributed by atoms with Crippen LogP contribution in [0.2, 0.25) is 0 Å². The molecule has 1 aromatic heterocycles. The van der Waals surface area contributed by atoms with Crippen molar-refractivity contribution in [2.75, 3.05) is 13.6 Å². The predicted molar refractivity (Wildman–Crippen MR) is 68.0 cm³/mol. The van der Waals surface area contributed by atoms with Crippen molar-refractivity contribution in [1.82, 2.24) is 15.1 Å². The van der Waals surface area contributed by atoms with Gasteiger partial charge >= 0.3 is 0 Å². The number of hydrogen-bond acceptors (Lipinski definition) is 3. The van der Waals surface area contributed by atoms with E-state index < -0.39 is 0 Å². The molecule has 0 aliphatic rings. The number of para-hydroxylation sites is 1. The summed E-state index contributed by atoms with van der Waals surface area (Å²) in [5.74, 6) is 0.166. The van der Waals surface area contributed by atoms with Crippen LogP contribution < -0.4 is 5.32 Å². The van der Waals surface area contributed by atoms with Gasteiger partial charge in [-0.05, 0) is 20.0 Å². The Morgan fingerprint density at radius 1 is 1.41 bits per heavy atom. The molecular formula is C13H17N3O. The summed E-state index contributed by atoms with van der Waals surface area (Å²) in [4.78, 5) is 11.6. The van der Waals surface area contributed by atoms with Crippen molar-refractivity contribution in [2.24, 2.45) is 0 Å². The van der Waals surface area contributed by atoms with Crippen LogP contribution in [-0.2, 0) is 17.8 Å². The molecule has 1 aromatic carbocycles. The van der Waals surface area contributed by atoms with Crippen LogP contribution in [0.25, 0.3) is 10.9 Å². The number of carbonyl (C=O) groups excluding carboxylic acids is 1. The highest BCUT2D eigenvalue weighted by Gasteiger charge is 2.12. The lowest BCUT2D eigenvalue weighted by molar-refractivity contribution is -0.117. The van der Waals surface area contributed by atoms with Gasteiger partial charge in [-0.1, -0.05) is 18.2 Å². The molecule has 2 rings (SSSR count). The van der Waals surface area contributed by atoms with Crippen molar-refractivity contribution < 1.29 is 4.79 Å². The number of hydrogen-bond donors (Lipinski definition) is 1. The van der Waals surface area contributed by atoms with Gasteiger partial charge in [0.2, 0.25) is 0 Å². The number of nitrogens with one attached hydrogen (secondary N) is 1. The maximum absolute atomic E-state index is 11.6. The predicted octanol–water partition coefficient (Wildman–Crippen LogP) is 1.39. The van der Waals surface area contributed by atoms with Gasteiger partial charge in [-0.25, -0.2) is 0 Å². The molecule has 0 amide bonds. The second-order valence-electron chi connectivity index (χ2n) is 4.03. The molecule has 90 valence electrons. The van der Waals surface area contributed by atoms with Crippen LogP contribution in [0.1, 0.15) is 12.6 Å². The molecule has 0 aliphatic heterocycles. The molecule has 0 fully saturated rings. The average Bonchev–Trinajstić information content (AvgIpc) is 2.68. The van der Waals surface area contributed by atoms with Crippen LogP contribution in [0.15, 0.2) is 24.3 Å². The minimum Gasteiger partial charge on any atom is -0.313 e. The van der Waals surface area contributed by atoms with Crippen molar-refractivity contribution >= 4 is 16.7 Å². The zero-order chi connectivity index (χ0) is 12.3. The summed E-state index contributed by atoms with van der Waals surface area (Å²) in [7, 11) is 1.78. The molecule has 0 saturated heterocycles. The third-order valence-corrected chi connectivity index (χ3v) is 2.77. The molecule has 0 spiro atoms. The Kier molecular flexibility index (Phi) is 3.54. The molecule has 17 heavy (non-hydrogen) atoms. The van der Waals surface area contributed by atoms with E-state index in [1.807, 2.05) is 28.9 Å². The van der Waals surface area contributed by atoms with Gasteiger partial charge in [-0.2, -0.15) is 5.10 Å². The maximum Gasteiger partial charge on any atom is 0.152 e. The van der Waals surface area contributed by atoms with Crippen molar-refractivity contribution in [2.45, 2.75) is 19.9 Å². The Bertz CT molecular complexity index is 530. The number of carbonyl (C=O) groups is 1. The van der Waals surface area contributed by atoms with Gasteiger partial charge in [0.05, 0.1) is 24.2 Å². The quantitative estimate of drug-likeness (QED) is 0.845. The number of aromatic nitrogens is 2. The summed E-state index contributed by atoms with van der Waals surface area (Å²) in [6.07, 6.45) is 0.397. The zero-order valence-corrected chi connectivity index (χ0v) is 10.2. The van der Waals surface area contributed by atoms with Crippen LogP contribution in [0.5, 0.6) is 0 Å². The molecule has 0 unspecified atom stereocenters. The molecular weight excluding hydrogens is 214 g/mol. The van der Waals surface area contributed by atoms with Gasteiger partial charge in [-0.15, -0.1) is 0 Å². The SMILES string of the molecule is CCn1nc(CC(=O)CNC)c2ccccc21. The standard InChI is InChI=1S/C13H17N3O/c1-3-16-13-7-5-4-6-11(13)12(15-16)8-10(17)9-14-2/h4-7,14H,3,8-9H2,1-2H3. The van der Waals surface area contributed by atoms with E-state index >= 15 is 0 Å². The number of likely N-dealkylation sites (N-methyl/N-ethyl adjacent to an activating group) is 1. The van der Waals surface area contributed by atoms with E-state index in [4.69, 9.17) is 0 Å². The second kappa shape index (κ2) is 5.10. The molecule has 0 aliphatic carbocycles. The van der Waals surface area contributed by atoms with Crippen molar-refractivity contribution in [1.29, 1.82) is 0 Å². The first-order chi connectivity index (χ1) is 8.26. The van der Waals surface area contributed by atoms with Crippen LogP contribution in [0.3, 0.4) is 0 Å². The van der Waals surface area contributed by atoms with Crippen molar-refractivity contribution in [3.8, 4) is 0 Å². The summed E-state index contributed by atoms with van der Waals surface area (Å²) in [6.45, 7) is 3.27. The van der Waals surface area contributed by atoms with E-state index in [0.29, 0.717) is 13.0 Å². The first kappa shape index (κ1) is 11.8. The summed E-state index contributed by atoms with van der Waals surface area (Å²) >= 11 is 0. The highest BCUT2D eigenvalue weighted by atomic mass is 16.1. The van der Waals surface area contributed by atoms with Gasteiger partial charge in [-0.3, -0.25) is 9.48 Å². The third kappa shape index (κ3) is 2.36. The Hall–Kier alpha value is -1.68. The fraction of sp³-hybridized carbons (Fsp3) is 0.385. The number of fused-ring (bicyclic) bond motifs is 1. The summed E-state index contributed by atoms with van der Waals surface area (Å²) in [6, 6.07) is 8.04. The van der Waals surface area contributed by atoms with Crippen molar-refractivity contribution in [3.63, 3.8) is 0 Å². The Labute approximate surface area is 101 Å². The van der Waals surface area contributed by atoms with Gasteiger partial charge < -0.3 is 5.32 Å². The molecule has 0 radical (unpaired) electrons. The largest absolute Gasteiger partial charge is 0.313 e. The monoisotopic (exact) mass is 231 g/mol. The molecule has 4 nitrogen and oxygen atoms in total. The molecule has 2 aromatic rings. The minimum absolute atomic E-state index is 0.166. The number of rotatable bonds is 5. The molecule has 0 bridgehead atoms. The van der Waals surface area contributed by atoms with Crippen LogP contribution in [0.4, 0.5) is 0 Å². The molecule has 0 saturated carbocycles. The number of nitrogens with zero attached hydrogens (tertiary/aromatic N) is 2. The highest BCUT2D eigenvalue weighted by Crippen LogP contribution is 2.18. The summed E-state index contributed by atoms with van der Waals surface area (Å²) < 4.78 is 1.94. The fourth-order valence-electron chi connectivity index (χ4n) is 2.01. The van der Waals surface area contributed by atoms with Crippen LogP contribution in [0, 0.1) is 0 Å². The number of ketones is 1. The van der Waals surface area contributed by atoms with Crippen molar-refractivity contribution in [3.05, 3.63) is 30.0 Å². The number of aryl methyl sites for hydroxylation is 1. The highest BCUT2D eigenvalue weighted by molar-refractivity contribution is 5.89. The minimum atomic E-state index is 0.166. The van der Waals surface area contributed by atoms with Gasteiger partial charge in [0.15, 0.2) is 5.78 Å². The molecule has 4 heteroatoms. The Morgan fingerprint density at radius 3 is 2.88 bits per heavy atom. The van der Waals surface area contributed by atoms with Gasteiger partial charge in [0, 0.05) is 11.9 Å². The zero-order valence-electron chi connectivity index (χ0n) is 10.2. The fourth-order valence-corrected chi connectivity index (χ4v) is 2.01. The Morgan fingerprint density at radius 2 is 2.18 bits per heavy atom. The smallest absolute Gasteiger partial charge is 0.152 e. The molecule has 0 atom stereocenters. The van der Waals surface area contributed by atoms with E-state index in [-0.39, 0.29) is 5.78 Å². The summed E-state index contributed by atoms with van der Waals surface area (Å²) in [5.41, 5.74) is 1.98. The van der Waals surface area contributed by atoms with E-state index in [2.05, 4.69) is 17.3 Å². The first-order valence-corrected chi connectivity index (χ1v) is 5.87. The normalized spacial score (nSPS) is 10.9. The lowest BCUT2D eigenvalue weighted by Gasteiger charge is -1.97. The second-order valence-corrected chi connectivity index (χ2v) is 4.03. The van der Waals surface area contributed by atoms with E-state index in [1.54, 1.807) is 7.05 Å². The summed E-state index contributed by atoms with van der Waals surface area (Å²) in [5, 5.41) is 8.45. The average molecular weight is 231 g/mol. The van der Waals surface area contributed by atoms with Gasteiger partial charge in [0.25, 0.3) is 0 Å². The Balaban J connectivity index is 2.37. The van der Waals surface area contributed by atoms with E-state index in [0.717, 1.165) is 23.1 Å². The lowest BCUT2D eigenvalue weighted by Crippen LogP contribution is -2.20. The topological polar surface area (TPSA) is 46.9 Å². The number of benzene rings is 1. The number of Topliss-reactive ketones (excluding diaryl/α,β-unsaturated/α-hetero) is 1.